The van der Waals surface area contributed by atoms with Gasteiger partial charge in [-0.05, 0) is 38.3 Å². The third kappa shape index (κ3) is 3.33. The molecule has 0 amide bonds. The molecular weight excluding hydrogens is 248 g/mol. The second-order valence-electron chi connectivity index (χ2n) is 6.64. The van der Waals surface area contributed by atoms with E-state index >= 15 is 0 Å². The lowest BCUT2D eigenvalue weighted by Gasteiger charge is -2.34. The zero-order chi connectivity index (χ0) is 14.8. The fourth-order valence-corrected chi connectivity index (χ4v) is 3.23. The number of aliphatic hydroxyl groups is 1. The molecule has 0 saturated heterocycles. The first-order valence-electron chi connectivity index (χ1n) is 7.68. The van der Waals surface area contributed by atoms with Gasteiger partial charge in [-0.25, -0.2) is 0 Å². The molecule has 1 aliphatic rings. The Balaban J connectivity index is 2.03. The Morgan fingerprint density at radius 3 is 2.75 bits per heavy atom. The third-order valence-corrected chi connectivity index (χ3v) is 4.24. The van der Waals surface area contributed by atoms with Crippen LogP contribution in [0.1, 0.15) is 39.7 Å². The smallest absolute Gasteiger partial charge is 0.0611 e. The normalized spacial score (nSPS) is 21.1. The predicted molar refractivity (Wildman–Crippen MR) is 85.3 cm³/mol. The number of nitrogens with one attached hydrogen (secondary N) is 1. The highest BCUT2D eigenvalue weighted by Gasteiger charge is 2.29. The van der Waals surface area contributed by atoms with E-state index in [-0.39, 0.29) is 12.1 Å². The van der Waals surface area contributed by atoms with E-state index in [1.54, 1.807) is 0 Å². The molecular formula is C17H28N2O. The summed E-state index contributed by atoms with van der Waals surface area (Å²) in [5.41, 5.74) is 2.61. The van der Waals surface area contributed by atoms with Gasteiger partial charge >= 0.3 is 0 Å². The van der Waals surface area contributed by atoms with E-state index in [4.69, 9.17) is 0 Å². The van der Waals surface area contributed by atoms with Crippen molar-refractivity contribution < 1.29 is 5.11 Å². The van der Waals surface area contributed by atoms with Crippen molar-refractivity contribution in [1.29, 1.82) is 0 Å². The molecule has 0 saturated carbocycles. The lowest BCUT2D eigenvalue weighted by Crippen LogP contribution is -2.51. The zero-order valence-electron chi connectivity index (χ0n) is 13.2. The van der Waals surface area contributed by atoms with Crippen molar-refractivity contribution in [3.8, 4) is 0 Å². The molecule has 1 aliphatic heterocycles. The molecule has 3 heteroatoms. The van der Waals surface area contributed by atoms with Gasteiger partial charge in [0.1, 0.15) is 0 Å². The fourth-order valence-electron chi connectivity index (χ4n) is 3.23. The molecule has 2 atom stereocenters. The van der Waals surface area contributed by atoms with Crippen molar-refractivity contribution in [2.75, 3.05) is 18.1 Å². The Morgan fingerprint density at radius 2 is 2.10 bits per heavy atom. The Labute approximate surface area is 123 Å². The molecule has 1 heterocycles. The third-order valence-electron chi connectivity index (χ3n) is 4.24. The Morgan fingerprint density at radius 1 is 1.40 bits per heavy atom. The van der Waals surface area contributed by atoms with Gasteiger partial charge in [0, 0.05) is 29.9 Å². The summed E-state index contributed by atoms with van der Waals surface area (Å²) in [6.45, 7) is 9.80. The van der Waals surface area contributed by atoms with Gasteiger partial charge < -0.3 is 15.3 Å². The van der Waals surface area contributed by atoms with Crippen LogP contribution in [0.25, 0.3) is 0 Å². The lowest BCUT2D eigenvalue weighted by molar-refractivity contribution is 0.158. The second kappa shape index (κ2) is 6.15. The molecule has 0 bridgehead atoms. The molecule has 0 fully saturated rings. The average Bonchev–Trinajstić information content (AvgIpc) is 2.71. The fraction of sp³-hybridized carbons (Fsp3) is 0.647. The molecule has 0 radical (unpaired) electrons. The topological polar surface area (TPSA) is 35.5 Å². The van der Waals surface area contributed by atoms with Gasteiger partial charge in [-0.3, -0.25) is 0 Å². The van der Waals surface area contributed by atoms with Crippen LogP contribution < -0.4 is 10.2 Å². The van der Waals surface area contributed by atoms with Crippen LogP contribution in [-0.2, 0) is 6.42 Å². The van der Waals surface area contributed by atoms with Crippen LogP contribution in [0.4, 0.5) is 5.69 Å². The summed E-state index contributed by atoms with van der Waals surface area (Å²) in [7, 11) is 0. The Hall–Kier alpha value is -1.06. The summed E-state index contributed by atoms with van der Waals surface area (Å²) >= 11 is 0. The molecule has 2 rings (SSSR count). The molecule has 0 spiro atoms. The standard InChI is InChI=1S/C17H28N2O/c1-13(2)18-17(4,12-20)9-10-19-14(3)11-15-7-5-6-8-16(15)19/h5-8,13-14,18,20H,9-12H2,1-4H3. The van der Waals surface area contributed by atoms with Crippen molar-refractivity contribution in [2.45, 2.75) is 58.2 Å². The number of fused-ring (bicyclic) bond motifs is 1. The molecule has 20 heavy (non-hydrogen) atoms. The summed E-state index contributed by atoms with van der Waals surface area (Å²) in [4.78, 5) is 2.48. The van der Waals surface area contributed by atoms with Crippen molar-refractivity contribution in [3.63, 3.8) is 0 Å². The predicted octanol–water partition coefficient (Wildman–Crippen LogP) is 2.58. The molecule has 112 valence electrons. The largest absolute Gasteiger partial charge is 0.394 e. The molecule has 2 unspecified atom stereocenters. The number of benzene rings is 1. The minimum atomic E-state index is -0.203. The first kappa shape index (κ1) is 15.3. The molecule has 1 aromatic carbocycles. The summed E-state index contributed by atoms with van der Waals surface area (Å²) in [6.07, 6.45) is 2.07. The quantitative estimate of drug-likeness (QED) is 0.838. The maximum absolute atomic E-state index is 9.69. The number of para-hydroxylation sites is 1. The monoisotopic (exact) mass is 276 g/mol. The average molecular weight is 276 g/mol. The van der Waals surface area contributed by atoms with Gasteiger partial charge in [-0.2, -0.15) is 0 Å². The minimum Gasteiger partial charge on any atom is -0.394 e. The van der Waals surface area contributed by atoms with Crippen LogP contribution in [0.5, 0.6) is 0 Å². The van der Waals surface area contributed by atoms with Gasteiger partial charge in [0.15, 0.2) is 0 Å². The minimum absolute atomic E-state index is 0.176. The number of rotatable bonds is 6. The summed E-state index contributed by atoms with van der Waals surface area (Å²) in [5.74, 6) is 0. The Kier molecular flexibility index (Phi) is 4.71. The first-order chi connectivity index (χ1) is 9.45. The van der Waals surface area contributed by atoms with Gasteiger partial charge in [0.25, 0.3) is 0 Å². The molecule has 1 aromatic rings. The molecule has 0 aliphatic carbocycles. The highest BCUT2D eigenvalue weighted by atomic mass is 16.3. The highest BCUT2D eigenvalue weighted by molar-refractivity contribution is 5.59. The molecule has 0 aromatic heterocycles. The van der Waals surface area contributed by atoms with E-state index in [0.29, 0.717) is 12.1 Å². The van der Waals surface area contributed by atoms with Crippen LogP contribution in [0.15, 0.2) is 24.3 Å². The summed E-state index contributed by atoms with van der Waals surface area (Å²) in [6, 6.07) is 9.60. The van der Waals surface area contributed by atoms with Crippen LogP contribution in [0.3, 0.4) is 0 Å². The van der Waals surface area contributed by atoms with Crippen molar-refractivity contribution in [2.24, 2.45) is 0 Å². The van der Waals surface area contributed by atoms with E-state index in [9.17, 15) is 5.11 Å². The SMILES string of the molecule is CC(C)NC(C)(CO)CCN1c2ccccc2CC1C. The van der Waals surface area contributed by atoms with E-state index in [2.05, 4.69) is 62.2 Å². The maximum atomic E-state index is 9.69. The van der Waals surface area contributed by atoms with Gasteiger partial charge in [-0.1, -0.05) is 32.0 Å². The maximum Gasteiger partial charge on any atom is 0.0611 e. The van der Waals surface area contributed by atoms with Crippen LogP contribution in [0.2, 0.25) is 0 Å². The zero-order valence-corrected chi connectivity index (χ0v) is 13.2. The van der Waals surface area contributed by atoms with E-state index in [0.717, 1.165) is 19.4 Å². The Bertz CT molecular complexity index is 446. The van der Waals surface area contributed by atoms with Crippen molar-refractivity contribution >= 4 is 5.69 Å². The lowest BCUT2D eigenvalue weighted by atomic mass is 9.97. The van der Waals surface area contributed by atoms with Crippen LogP contribution in [-0.4, -0.2) is 35.9 Å². The van der Waals surface area contributed by atoms with Gasteiger partial charge in [0.2, 0.25) is 0 Å². The van der Waals surface area contributed by atoms with Gasteiger partial charge in [-0.15, -0.1) is 0 Å². The summed E-state index contributed by atoms with van der Waals surface area (Å²) < 4.78 is 0. The van der Waals surface area contributed by atoms with Crippen molar-refractivity contribution in [1.82, 2.24) is 5.32 Å². The number of nitrogens with zero attached hydrogens (tertiary/aromatic N) is 1. The van der Waals surface area contributed by atoms with E-state index < -0.39 is 0 Å². The number of aliphatic hydroxyl groups excluding tert-OH is 1. The highest BCUT2D eigenvalue weighted by Crippen LogP contribution is 2.32. The van der Waals surface area contributed by atoms with Crippen LogP contribution >= 0.6 is 0 Å². The molecule has 3 nitrogen and oxygen atoms in total. The number of hydrogen-bond acceptors (Lipinski definition) is 3. The molecule has 2 N–H and O–H groups in total. The number of hydrogen-bond donors (Lipinski definition) is 2. The van der Waals surface area contributed by atoms with Crippen molar-refractivity contribution in [3.05, 3.63) is 29.8 Å². The van der Waals surface area contributed by atoms with E-state index in [1.165, 1.54) is 11.3 Å². The van der Waals surface area contributed by atoms with Crippen LogP contribution in [0, 0.1) is 0 Å². The first-order valence-corrected chi connectivity index (χ1v) is 7.68. The summed E-state index contributed by atoms with van der Waals surface area (Å²) in [5, 5.41) is 13.2. The number of anilines is 1. The van der Waals surface area contributed by atoms with E-state index in [1.807, 2.05) is 0 Å². The van der Waals surface area contributed by atoms with Gasteiger partial charge in [0.05, 0.1) is 6.61 Å². The second-order valence-corrected chi connectivity index (χ2v) is 6.64.